The third-order valence-corrected chi connectivity index (χ3v) is 3.15. The summed E-state index contributed by atoms with van der Waals surface area (Å²) in [4.78, 5) is 0. The van der Waals surface area contributed by atoms with Gasteiger partial charge in [0.2, 0.25) is 0 Å². The molecule has 0 radical (unpaired) electrons. The highest BCUT2D eigenvalue weighted by atomic mass is 16.5. The molecule has 0 aliphatic heterocycles. The lowest BCUT2D eigenvalue weighted by atomic mass is 10.0. The van der Waals surface area contributed by atoms with Crippen molar-refractivity contribution in [1.29, 1.82) is 0 Å². The maximum Gasteiger partial charge on any atom is 0.0785 e. The third-order valence-electron chi connectivity index (χ3n) is 3.15. The summed E-state index contributed by atoms with van der Waals surface area (Å²) in [5, 5.41) is 11.8. The van der Waals surface area contributed by atoms with Crippen molar-refractivity contribution >= 4 is 0 Å². The maximum atomic E-state index is 5.92. The van der Waals surface area contributed by atoms with E-state index in [9.17, 15) is 0 Å². The van der Waals surface area contributed by atoms with Gasteiger partial charge in [-0.2, -0.15) is 0 Å². The Balaban J connectivity index is 2.92. The standard InChI is InChI=1S/C14H28N4O/c1-5-9-13(19-8-4)14(15-7-3)12-11-16-17-18(12)10-6-2/h11,13-15H,5-10H2,1-4H3. The summed E-state index contributed by atoms with van der Waals surface area (Å²) in [5.41, 5.74) is 1.13. The second-order valence-electron chi connectivity index (χ2n) is 4.70. The molecule has 19 heavy (non-hydrogen) atoms. The molecule has 0 spiro atoms. The van der Waals surface area contributed by atoms with Crippen LogP contribution >= 0.6 is 0 Å². The zero-order chi connectivity index (χ0) is 14.1. The van der Waals surface area contributed by atoms with E-state index in [0.717, 1.165) is 44.7 Å². The summed E-state index contributed by atoms with van der Waals surface area (Å²) in [7, 11) is 0. The highest BCUT2D eigenvalue weighted by Crippen LogP contribution is 2.22. The highest BCUT2D eigenvalue weighted by molar-refractivity contribution is 5.05. The first-order valence-electron chi connectivity index (χ1n) is 7.51. The van der Waals surface area contributed by atoms with Gasteiger partial charge in [0.05, 0.1) is 24.0 Å². The van der Waals surface area contributed by atoms with Gasteiger partial charge >= 0.3 is 0 Å². The molecule has 1 N–H and O–H groups in total. The lowest BCUT2D eigenvalue weighted by Gasteiger charge is -2.27. The van der Waals surface area contributed by atoms with Crippen molar-refractivity contribution in [2.24, 2.45) is 0 Å². The molecule has 2 atom stereocenters. The zero-order valence-electron chi connectivity index (χ0n) is 12.7. The van der Waals surface area contributed by atoms with Gasteiger partial charge in [0.15, 0.2) is 0 Å². The topological polar surface area (TPSA) is 52.0 Å². The summed E-state index contributed by atoms with van der Waals surface area (Å²) in [6, 6.07) is 0.173. The number of aromatic nitrogens is 3. The van der Waals surface area contributed by atoms with E-state index in [2.05, 4.69) is 36.4 Å². The van der Waals surface area contributed by atoms with Gasteiger partial charge in [-0.25, -0.2) is 4.68 Å². The average Bonchev–Trinajstić information content (AvgIpc) is 2.84. The van der Waals surface area contributed by atoms with E-state index < -0.39 is 0 Å². The Morgan fingerprint density at radius 3 is 2.63 bits per heavy atom. The van der Waals surface area contributed by atoms with Crippen LogP contribution in [0.4, 0.5) is 0 Å². The SMILES string of the molecule is CCCC(OCC)C(NCC)c1cnnn1CCC. The van der Waals surface area contributed by atoms with E-state index in [1.807, 2.05) is 17.8 Å². The minimum Gasteiger partial charge on any atom is -0.376 e. The monoisotopic (exact) mass is 268 g/mol. The molecule has 0 aliphatic carbocycles. The first-order chi connectivity index (χ1) is 9.28. The van der Waals surface area contributed by atoms with Gasteiger partial charge in [0.1, 0.15) is 0 Å². The minimum atomic E-state index is 0.173. The van der Waals surface area contributed by atoms with Crippen molar-refractivity contribution in [3.05, 3.63) is 11.9 Å². The van der Waals surface area contributed by atoms with Crippen LogP contribution in [0.3, 0.4) is 0 Å². The van der Waals surface area contributed by atoms with Crippen LogP contribution in [0.1, 0.15) is 58.7 Å². The van der Waals surface area contributed by atoms with Crippen molar-refractivity contribution < 1.29 is 4.74 Å². The van der Waals surface area contributed by atoms with Crippen molar-refractivity contribution in [3.63, 3.8) is 0 Å². The lowest BCUT2D eigenvalue weighted by Crippen LogP contribution is -2.35. The summed E-state index contributed by atoms with van der Waals surface area (Å²) >= 11 is 0. The predicted molar refractivity (Wildman–Crippen MR) is 77.1 cm³/mol. The Morgan fingerprint density at radius 1 is 1.26 bits per heavy atom. The van der Waals surface area contributed by atoms with Crippen LogP contribution in [0, 0.1) is 0 Å². The fourth-order valence-electron chi connectivity index (χ4n) is 2.38. The number of rotatable bonds is 10. The molecule has 0 saturated carbocycles. The highest BCUT2D eigenvalue weighted by Gasteiger charge is 2.25. The van der Waals surface area contributed by atoms with Crippen molar-refractivity contribution in [1.82, 2.24) is 20.3 Å². The Kier molecular flexibility index (Phi) is 7.67. The maximum absolute atomic E-state index is 5.92. The fraction of sp³-hybridized carbons (Fsp3) is 0.857. The van der Waals surface area contributed by atoms with Gasteiger partial charge in [0, 0.05) is 13.2 Å². The van der Waals surface area contributed by atoms with Crippen LogP contribution in [0.25, 0.3) is 0 Å². The molecule has 2 unspecified atom stereocenters. The number of likely N-dealkylation sites (N-methyl/N-ethyl adjacent to an activating group) is 1. The minimum absolute atomic E-state index is 0.173. The van der Waals surface area contributed by atoms with E-state index in [0.29, 0.717) is 0 Å². The quantitative estimate of drug-likeness (QED) is 0.708. The van der Waals surface area contributed by atoms with Crippen LogP contribution in [-0.4, -0.2) is 34.2 Å². The number of ether oxygens (including phenoxy) is 1. The fourth-order valence-corrected chi connectivity index (χ4v) is 2.38. The molecule has 0 bridgehead atoms. The molecule has 1 aromatic rings. The third kappa shape index (κ3) is 4.58. The number of nitrogens with one attached hydrogen (secondary N) is 1. The number of nitrogens with zero attached hydrogens (tertiary/aromatic N) is 3. The summed E-state index contributed by atoms with van der Waals surface area (Å²) in [6.07, 6.45) is 5.27. The molecule has 0 amide bonds. The Labute approximate surface area is 116 Å². The summed E-state index contributed by atoms with van der Waals surface area (Å²) in [6.45, 7) is 11.1. The first-order valence-corrected chi connectivity index (χ1v) is 7.51. The molecular formula is C14H28N4O. The first kappa shape index (κ1) is 16.1. The van der Waals surface area contributed by atoms with E-state index in [-0.39, 0.29) is 12.1 Å². The molecule has 5 heteroatoms. The van der Waals surface area contributed by atoms with E-state index in [1.165, 1.54) is 0 Å². The van der Waals surface area contributed by atoms with Crippen LogP contribution in [0.5, 0.6) is 0 Å². The average molecular weight is 268 g/mol. The van der Waals surface area contributed by atoms with E-state index in [1.54, 1.807) is 0 Å². The Morgan fingerprint density at radius 2 is 2.05 bits per heavy atom. The van der Waals surface area contributed by atoms with Gasteiger partial charge in [-0.3, -0.25) is 0 Å². The number of hydrogen-bond acceptors (Lipinski definition) is 4. The van der Waals surface area contributed by atoms with Crippen molar-refractivity contribution in [2.75, 3.05) is 13.2 Å². The number of hydrogen-bond donors (Lipinski definition) is 1. The van der Waals surface area contributed by atoms with Gasteiger partial charge in [-0.05, 0) is 26.3 Å². The normalized spacial score (nSPS) is 14.5. The number of aryl methyl sites for hydroxylation is 1. The van der Waals surface area contributed by atoms with E-state index >= 15 is 0 Å². The van der Waals surface area contributed by atoms with Crippen LogP contribution in [-0.2, 0) is 11.3 Å². The van der Waals surface area contributed by atoms with Crippen LogP contribution in [0.15, 0.2) is 6.20 Å². The predicted octanol–water partition coefficient (Wildman–Crippen LogP) is 2.54. The summed E-state index contributed by atoms with van der Waals surface area (Å²) < 4.78 is 7.92. The van der Waals surface area contributed by atoms with Crippen LogP contribution < -0.4 is 5.32 Å². The smallest absolute Gasteiger partial charge is 0.0785 e. The summed E-state index contributed by atoms with van der Waals surface area (Å²) in [5.74, 6) is 0. The molecule has 1 aromatic heterocycles. The van der Waals surface area contributed by atoms with E-state index in [4.69, 9.17) is 4.74 Å². The molecule has 0 fully saturated rings. The second kappa shape index (κ2) is 9.04. The Hall–Kier alpha value is -0.940. The van der Waals surface area contributed by atoms with Gasteiger partial charge < -0.3 is 10.1 Å². The molecule has 1 rings (SSSR count). The molecule has 0 saturated heterocycles. The molecular weight excluding hydrogens is 240 g/mol. The van der Waals surface area contributed by atoms with Crippen LogP contribution in [0.2, 0.25) is 0 Å². The zero-order valence-corrected chi connectivity index (χ0v) is 12.7. The van der Waals surface area contributed by atoms with Gasteiger partial charge in [0.25, 0.3) is 0 Å². The lowest BCUT2D eigenvalue weighted by molar-refractivity contribution is 0.0257. The molecule has 0 aliphatic rings. The van der Waals surface area contributed by atoms with Crippen molar-refractivity contribution in [2.45, 2.75) is 65.6 Å². The molecule has 1 heterocycles. The molecule has 0 aromatic carbocycles. The van der Waals surface area contributed by atoms with Crippen molar-refractivity contribution in [3.8, 4) is 0 Å². The van der Waals surface area contributed by atoms with Gasteiger partial charge in [-0.15, -0.1) is 5.10 Å². The Bertz CT molecular complexity index is 334. The van der Waals surface area contributed by atoms with Gasteiger partial charge in [-0.1, -0.05) is 32.4 Å². The second-order valence-corrected chi connectivity index (χ2v) is 4.70. The molecule has 5 nitrogen and oxygen atoms in total. The molecule has 110 valence electrons. The largest absolute Gasteiger partial charge is 0.376 e.